The third kappa shape index (κ3) is 20.3. The number of benzene rings is 5. The molecule has 0 aliphatic rings. The second kappa shape index (κ2) is 31.3. The summed E-state index contributed by atoms with van der Waals surface area (Å²) in [5.74, 6) is -0.954. The van der Waals surface area contributed by atoms with E-state index in [4.69, 9.17) is 23.7 Å². The van der Waals surface area contributed by atoms with Crippen LogP contribution in [0.3, 0.4) is 0 Å². The van der Waals surface area contributed by atoms with Crippen LogP contribution in [-0.4, -0.2) is 31.1 Å². The smallest absolute Gasteiger partial charge is 0.343 e. The van der Waals surface area contributed by atoms with Gasteiger partial charge in [0.2, 0.25) is 0 Å². The van der Waals surface area contributed by atoms with E-state index in [1.165, 1.54) is 139 Å². The van der Waals surface area contributed by atoms with Crippen LogP contribution in [0.15, 0.2) is 124 Å². The Morgan fingerprint density at radius 2 is 0.826 bits per heavy atom. The molecule has 10 nitrogen and oxygen atoms in total. The van der Waals surface area contributed by atoms with Gasteiger partial charge in [-0.3, -0.25) is 0 Å². The highest BCUT2D eigenvalue weighted by Crippen LogP contribution is 2.31. The van der Waals surface area contributed by atoms with E-state index in [9.17, 15) is 18.8 Å². The molecule has 0 amide bonds. The first kappa shape index (κ1) is 54.1. The van der Waals surface area contributed by atoms with Crippen LogP contribution in [0, 0.1) is 5.82 Å². The van der Waals surface area contributed by atoms with Crippen molar-refractivity contribution in [2.75, 3.05) is 13.2 Å². The first-order valence-corrected chi connectivity index (χ1v) is 25.7. The molecule has 5 rings (SSSR count). The second-order valence-corrected chi connectivity index (χ2v) is 18.1. The fourth-order valence-electron chi connectivity index (χ4n) is 7.46. The Kier molecular flexibility index (Phi) is 24.5. The summed E-state index contributed by atoms with van der Waals surface area (Å²) in [4.78, 5) is 39.0. The number of carbonyl (C=O) groups excluding carboxylic acids is 3. The van der Waals surface area contributed by atoms with Crippen molar-refractivity contribution in [2.45, 2.75) is 142 Å². The second-order valence-electron chi connectivity index (χ2n) is 17.2. The van der Waals surface area contributed by atoms with Gasteiger partial charge < -0.3 is 23.7 Å². The number of hydrogen-bond acceptors (Lipinski definition) is 10. The molecule has 0 spiro atoms. The number of carbonyl (C=O) groups is 3. The van der Waals surface area contributed by atoms with Gasteiger partial charge in [0.15, 0.2) is 11.6 Å². The van der Waals surface area contributed by atoms with Gasteiger partial charge in [-0.05, 0) is 126 Å². The Morgan fingerprint density at radius 3 is 1.35 bits per heavy atom. The van der Waals surface area contributed by atoms with Crippen LogP contribution in [0.2, 0.25) is 0 Å². The van der Waals surface area contributed by atoms with Crippen LogP contribution in [-0.2, 0) is 0 Å². The van der Waals surface area contributed by atoms with E-state index in [1.807, 2.05) is 0 Å². The van der Waals surface area contributed by atoms with Gasteiger partial charge in [0.05, 0.1) is 45.8 Å². The maximum Gasteiger partial charge on any atom is 0.343 e. The van der Waals surface area contributed by atoms with Gasteiger partial charge in [-0.25, -0.2) is 18.8 Å². The lowest BCUT2D eigenvalue weighted by Gasteiger charge is -2.10. The predicted molar refractivity (Wildman–Crippen MR) is 274 cm³/mol. The lowest BCUT2D eigenvalue weighted by atomic mass is 10.1. The largest absolute Gasteiger partial charge is 0.494 e. The molecular weight excluding hydrogens is 940 g/mol. The summed E-state index contributed by atoms with van der Waals surface area (Å²) in [6.45, 7) is 5.57. The summed E-state index contributed by atoms with van der Waals surface area (Å²) in [7, 11) is 0. The Balaban J connectivity index is 1.00. The van der Waals surface area contributed by atoms with Crippen LogP contribution >= 0.6 is 15.9 Å². The number of unbranched alkanes of at least 4 members (excludes halogenated alkanes) is 18. The molecule has 0 unspecified atom stereocenters. The predicted octanol–water partition coefficient (Wildman–Crippen LogP) is 17.3. The van der Waals surface area contributed by atoms with Crippen molar-refractivity contribution < 1.29 is 42.5 Å². The summed E-state index contributed by atoms with van der Waals surface area (Å²) in [6, 6.07) is 28.1. The minimum absolute atomic E-state index is 0.143. The van der Waals surface area contributed by atoms with Gasteiger partial charge in [-0.15, -0.1) is 0 Å². The summed E-state index contributed by atoms with van der Waals surface area (Å²) < 4.78 is 43.5. The van der Waals surface area contributed by atoms with Crippen molar-refractivity contribution in [2.24, 2.45) is 10.2 Å². The summed E-state index contributed by atoms with van der Waals surface area (Å²) in [6.07, 6.45) is 24.8. The number of esters is 3. The molecule has 0 aromatic heterocycles. The Hall–Kier alpha value is -5.88. The highest BCUT2D eigenvalue weighted by Gasteiger charge is 2.16. The molecule has 69 heavy (non-hydrogen) atoms. The Morgan fingerprint density at radius 1 is 0.420 bits per heavy atom. The minimum atomic E-state index is -0.679. The van der Waals surface area contributed by atoms with E-state index in [2.05, 4.69) is 40.0 Å². The normalized spacial score (nSPS) is 11.1. The van der Waals surface area contributed by atoms with Gasteiger partial charge >= 0.3 is 17.9 Å². The highest BCUT2D eigenvalue weighted by atomic mass is 79.9. The molecule has 368 valence electrons. The lowest BCUT2D eigenvalue weighted by molar-refractivity contribution is 0.0723. The van der Waals surface area contributed by atoms with Crippen molar-refractivity contribution in [3.63, 3.8) is 0 Å². The third-order valence-corrected chi connectivity index (χ3v) is 12.2. The molecule has 0 saturated carbocycles. The maximum atomic E-state index is 14.7. The topological polar surface area (TPSA) is 122 Å². The first-order valence-electron chi connectivity index (χ1n) is 25.0. The monoisotopic (exact) mass is 1010 g/mol. The fourth-order valence-corrected chi connectivity index (χ4v) is 7.79. The Bertz CT molecular complexity index is 2340. The lowest BCUT2D eigenvalue weighted by Crippen LogP contribution is -2.11. The standard InChI is InChI=1S/C57H68BrFN2O8/c1-3-5-7-9-11-13-15-17-19-21-39-65-48-32-25-44(26-33-48)56(63)68-50-36-37-51(58)54(42-50)69-57(64)45-27-34-49(35-28-45)67-55(62)43-23-29-46(30-24-43)60-61-47-31-38-53(52(59)41-47)66-40-22-20-18-16-14-12-10-8-6-4-2/h23-38,41-42H,3-22,39-40H2,1-2H3. The molecule has 0 N–H and O–H groups in total. The number of ether oxygens (including phenoxy) is 5. The van der Waals surface area contributed by atoms with Gasteiger partial charge in [-0.2, -0.15) is 10.2 Å². The molecule has 0 aliphatic heterocycles. The average molecular weight is 1010 g/mol. The molecule has 0 heterocycles. The van der Waals surface area contributed by atoms with E-state index < -0.39 is 23.7 Å². The Labute approximate surface area is 416 Å². The molecule has 5 aromatic rings. The van der Waals surface area contributed by atoms with Crippen LogP contribution in [0.5, 0.6) is 28.7 Å². The molecule has 0 saturated heterocycles. The zero-order valence-electron chi connectivity index (χ0n) is 40.4. The van der Waals surface area contributed by atoms with E-state index in [-0.39, 0.29) is 34.1 Å². The molecule has 0 radical (unpaired) electrons. The van der Waals surface area contributed by atoms with E-state index in [1.54, 1.807) is 72.8 Å². The summed E-state index contributed by atoms with van der Waals surface area (Å²) in [5.41, 5.74) is 1.59. The van der Waals surface area contributed by atoms with Crippen molar-refractivity contribution in [1.29, 1.82) is 0 Å². The zero-order chi connectivity index (χ0) is 48.9. The molecular formula is C57H68BrFN2O8. The van der Waals surface area contributed by atoms with E-state index >= 15 is 0 Å². The van der Waals surface area contributed by atoms with Crippen LogP contribution in [0.1, 0.15) is 173 Å². The third-order valence-electron chi connectivity index (χ3n) is 11.5. The quantitative estimate of drug-likeness (QED) is 0.0181. The number of rotatable bonds is 32. The SMILES string of the molecule is CCCCCCCCCCCCOc1ccc(C(=O)Oc2ccc(Br)c(OC(=O)c3ccc(OC(=O)c4ccc(N=Nc5ccc(OCCCCCCCCCCCC)c(F)c5)cc4)cc3)c2)cc1. The average Bonchev–Trinajstić information content (AvgIpc) is 3.36. The van der Waals surface area contributed by atoms with E-state index in [0.717, 1.165) is 25.7 Å². The number of hydrogen-bond donors (Lipinski definition) is 0. The fraction of sp³-hybridized carbons (Fsp3) is 0.421. The molecule has 0 bridgehead atoms. The minimum Gasteiger partial charge on any atom is -0.494 e. The van der Waals surface area contributed by atoms with E-state index in [0.29, 0.717) is 40.4 Å². The van der Waals surface area contributed by atoms with Gasteiger partial charge in [0, 0.05) is 12.1 Å². The first-order chi connectivity index (χ1) is 33.7. The van der Waals surface area contributed by atoms with Crippen molar-refractivity contribution >= 4 is 45.2 Å². The van der Waals surface area contributed by atoms with Crippen LogP contribution in [0.25, 0.3) is 0 Å². The maximum absolute atomic E-state index is 14.7. The zero-order valence-corrected chi connectivity index (χ0v) is 42.0. The number of azo groups is 1. The highest BCUT2D eigenvalue weighted by molar-refractivity contribution is 9.10. The molecule has 12 heteroatoms. The molecule has 0 atom stereocenters. The van der Waals surface area contributed by atoms with Gasteiger partial charge in [-0.1, -0.05) is 129 Å². The van der Waals surface area contributed by atoms with Gasteiger partial charge in [0.1, 0.15) is 23.0 Å². The van der Waals surface area contributed by atoms with Crippen molar-refractivity contribution in [1.82, 2.24) is 0 Å². The molecule has 0 aliphatic carbocycles. The van der Waals surface area contributed by atoms with Crippen molar-refractivity contribution in [3.05, 3.63) is 136 Å². The number of halogens is 2. The van der Waals surface area contributed by atoms with Crippen LogP contribution < -0.4 is 23.7 Å². The molecule has 0 fully saturated rings. The molecule has 5 aromatic carbocycles. The number of nitrogens with zero attached hydrogens (tertiary/aromatic N) is 2. The van der Waals surface area contributed by atoms with Gasteiger partial charge in [0.25, 0.3) is 0 Å². The van der Waals surface area contributed by atoms with Crippen LogP contribution in [0.4, 0.5) is 15.8 Å². The summed E-state index contributed by atoms with van der Waals surface area (Å²) >= 11 is 3.39. The summed E-state index contributed by atoms with van der Waals surface area (Å²) in [5, 5.41) is 8.31. The van der Waals surface area contributed by atoms with Crippen molar-refractivity contribution in [3.8, 4) is 28.7 Å².